The van der Waals surface area contributed by atoms with Crippen LogP contribution in [0, 0.1) is 5.92 Å². The summed E-state index contributed by atoms with van der Waals surface area (Å²) >= 11 is 0. The van der Waals surface area contributed by atoms with E-state index in [1.807, 2.05) is 56.0 Å². The van der Waals surface area contributed by atoms with E-state index in [4.69, 9.17) is 4.98 Å². The molecule has 5 heteroatoms. The number of carbonyl (C=O) groups is 2. The van der Waals surface area contributed by atoms with E-state index in [2.05, 4.69) is 36.1 Å². The number of fused-ring (bicyclic) bond motifs is 1. The normalized spacial score (nSPS) is 11.4. The molecule has 3 rings (SSSR count). The highest BCUT2D eigenvalue weighted by molar-refractivity contribution is 5.88. The van der Waals surface area contributed by atoms with Crippen LogP contribution in [-0.4, -0.2) is 34.8 Å². The number of benzene rings is 2. The van der Waals surface area contributed by atoms with Crippen LogP contribution in [0.2, 0.25) is 0 Å². The van der Waals surface area contributed by atoms with E-state index in [1.54, 1.807) is 6.92 Å². The molecule has 1 heterocycles. The molecule has 0 fully saturated rings. The Morgan fingerprint density at radius 2 is 1.55 bits per heavy atom. The SMILES string of the molecule is CCC(N)=O.CCN(CC)C(=O)C(C)Cc1nc(-c2ccccc2)cc2ccccc12. The van der Waals surface area contributed by atoms with Crippen LogP contribution < -0.4 is 5.73 Å². The molecule has 0 aliphatic carbocycles. The Bertz CT molecular complexity index is 998. The van der Waals surface area contributed by atoms with Gasteiger partial charge in [-0.25, -0.2) is 0 Å². The number of nitrogens with two attached hydrogens (primary N) is 1. The Kier molecular flexibility index (Phi) is 9.19. The Labute approximate surface area is 185 Å². The van der Waals surface area contributed by atoms with Gasteiger partial charge in [-0.05, 0) is 25.3 Å². The van der Waals surface area contributed by atoms with Crippen LogP contribution >= 0.6 is 0 Å². The maximum atomic E-state index is 12.7. The van der Waals surface area contributed by atoms with Gasteiger partial charge in [0.15, 0.2) is 0 Å². The summed E-state index contributed by atoms with van der Waals surface area (Å²) < 4.78 is 0. The van der Waals surface area contributed by atoms with Crippen molar-refractivity contribution in [1.82, 2.24) is 9.88 Å². The lowest BCUT2D eigenvalue weighted by atomic mass is 9.98. The first-order valence-corrected chi connectivity index (χ1v) is 10.9. The fourth-order valence-corrected chi connectivity index (χ4v) is 3.41. The standard InChI is InChI=1S/C23H26N2O.C3H7NO/c1-4-25(5-2)23(26)17(3)15-22-20-14-10-9-13-19(20)16-21(24-22)18-11-7-6-8-12-18;1-2-3(4)5/h6-14,16-17H,4-5,15H2,1-3H3;2H2,1H3,(H2,4,5). The van der Waals surface area contributed by atoms with Crippen molar-refractivity contribution < 1.29 is 9.59 Å². The molecule has 0 bridgehead atoms. The Morgan fingerprint density at radius 3 is 2.13 bits per heavy atom. The van der Waals surface area contributed by atoms with Gasteiger partial charge in [0.05, 0.1) is 5.69 Å². The van der Waals surface area contributed by atoms with Gasteiger partial charge in [0.2, 0.25) is 11.8 Å². The van der Waals surface area contributed by atoms with E-state index < -0.39 is 0 Å². The first-order chi connectivity index (χ1) is 14.9. The van der Waals surface area contributed by atoms with Gasteiger partial charge in [0.25, 0.3) is 0 Å². The van der Waals surface area contributed by atoms with E-state index in [0.29, 0.717) is 12.8 Å². The summed E-state index contributed by atoms with van der Waals surface area (Å²) in [5, 5.41) is 2.30. The zero-order valence-electron chi connectivity index (χ0n) is 19.0. The number of hydrogen-bond acceptors (Lipinski definition) is 3. The fraction of sp³-hybridized carbons (Fsp3) is 0.346. The van der Waals surface area contributed by atoms with Gasteiger partial charge < -0.3 is 10.6 Å². The van der Waals surface area contributed by atoms with E-state index in [1.165, 1.54) is 5.39 Å². The van der Waals surface area contributed by atoms with E-state index in [0.717, 1.165) is 35.4 Å². The van der Waals surface area contributed by atoms with E-state index in [9.17, 15) is 9.59 Å². The van der Waals surface area contributed by atoms with Crippen LogP contribution in [0.4, 0.5) is 0 Å². The topological polar surface area (TPSA) is 76.3 Å². The molecule has 0 saturated heterocycles. The molecule has 0 aliphatic heterocycles. The number of aromatic nitrogens is 1. The predicted molar refractivity (Wildman–Crippen MR) is 127 cm³/mol. The zero-order chi connectivity index (χ0) is 22.8. The highest BCUT2D eigenvalue weighted by Crippen LogP contribution is 2.26. The largest absolute Gasteiger partial charge is 0.370 e. The van der Waals surface area contributed by atoms with Crippen molar-refractivity contribution in [1.29, 1.82) is 0 Å². The highest BCUT2D eigenvalue weighted by atomic mass is 16.2. The molecule has 164 valence electrons. The van der Waals surface area contributed by atoms with Crippen LogP contribution in [0.5, 0.6) is 0 Å². The molecule has 5 nitrogen and oxygen atoms in total. The maximum absolute atomic E-state index is 12.7. The summed E-state index contributed by atoms with van der Waals surface area (Å²) in [6.07, 6.45) is 1.09. The third kappa shape index (κ3) is 6.64. The maximum Gasteiger partial charge on any atom is 0.225 e. The molecule has 2 aromatic carbocycles. The second-order valence-electron chi connectivity index (χ2n) is 7.48. The van der Waals surface area contributed by atoms with Crippen LogP contribution in [0.1, 0.15) is 39.8 Å². The molecule has 1 aromatic heterocycles. The van der Waals surface area contributed by atoms with Gasteiger partial charge >= 0.3 is 0 Å². The summed E-state index contributed by atoms with van der Waals surface area (Å²) in [7, 11) is 0. The lowest BCUT2D eigenvalue weighted by Gasteiger charge is -2.23. The van der Waals surface area contributed by atoms with Gasteiger partial charge in [-0.2, -0.15) is 0 Å². The number of rotatable bonds is 7. The second-order valence-corrected chi connectivity index (χ2v) is 7.48. The smallest absolute Gasteiger partial charge is 0.225 e. The second kappa shape index (κ2) is 11.8. The lowest BCUT2D eigenvalue weighted by molar-refractivity contribution is -0.134. The van der Waals surface area contributed by atoms with Crippen LogP contribution in [0.15, 0.2) is 60.7 Å². The third-order valence-electron chi connectivity index (χ3n) is 5.23. The minimum atomic E-state index is -0.245. The minimum absolute atomic E-state index is 0.0863. The van der Waals surface area contributed by atoms with Crippen molar-refractivity contribution in [3.63, 3.8) is 0 Å². The molecule has 3 aromatic rings. The van der Waals surface area contributed by atoms with Crippen LogP contribution in [-0.2, 0) is 16.0 Å². The van der Waals surface area contributed by atoms with Gasteiger partial charge in [0, 0.05) is 48.5 Å². The van der Waals surface area contributed by atoms with Crippen LogP contribution in [0.25, 0.3) is 22.0 Å². The van der Waals surface area contributed by atoms with Gasteiger partial charge in [0.1, 0.15) is 0 Å². The van der Waals surface area contributed by atoms with Crippen molar-refractivity contribution in [2.45, 2.75) is 40.5 Å². The van der Waals surface area contributed by atoms with Crippen molar-refractivity contribution in [2.24, 2.45) is 11.7 Å². The van der Waals surface area contributed by atoms with Crippen molar-refractivity contribution in [3.05, 3.63) is 66.4 Å². The average Bonchev–Trinajstić information content (AvgIpc) is 2.80. The molecule has 1 atom stereocenters. The number of carbonyl (C=O) groups excluding carboxylic acids is 2. The molecule has 0 radical (unpaired) electrons. The van der Waals surface area contributed by atoms with Gasteiger partial charge in [-0.1, -0.05) is 68.4 Å². The lowest BCUT2D eigenvalue weighted by Crippen LogP contribution is -2.35. The van der Waals surface area contributed by atoms with Crippen LogP contribution in [0.3, 0.4) is 0 Å². The molecule has 0 spiro atoms. The molecule has 1 unspecified atom stereocenters. The van der Waals surface area contributed by atoms with E-state index >= 15 is 0 Å². The minimum Gasteiger partial charge on any atom is -0.370 e. The fourth-order valence-electron chi connectivity index (χ4n) is 3.41. The number of hydrogen-bond donors (Lipinski definition) is 1. The Hall–Kier alpha value is -3.21. The van der Waals surface area contributed by atoms with Gasteiger partial charge in [-0.15, -0.1) is 0 Å². The van der Waals surface area contributed by atoms with Crippen molar-refractivity contribution in [2.75, 3.05) is 13.1 Å². The van der Waals surface area contributed by atoms with Gasteiger partial charge in [-0.3, -0.25) is 14.6 Å². The summed E-state index contributed by atoms with van der Waals surface area (Å²) in [4.78, 5) is 29.1. The average molecular weight is 420 g/mol. The summed E-state index contributed by atoms with van der Waals surface area (Å²) in [6, 6.07) is 20.6. The quantitative estimate of drug-likeness (QED) is 0.596. The highest BCUT2D eigenvalue weighted by Gasteiger charge is 2.20. The molecule has 0 aliphatic rings. The number of nitrogens with zero attached hydrogens (tertiary/aromatic N) is 2. The number of primary amides is 1. The number of amides is 2. The Morgan fingerprint density at radius 1 is 0.968 bits per heavy atom. The molecular formula is C26H33N3O2. The molecule has 0 saturated carbocycles. The zero-order valence-corrected chi connectivity index (χ0v) is 19.0. The first kappa shape index (κ1) is 24.1. The van der Waals surface area contributed by atoms with Crippen molar-refractivity contribution >= 4 is 22.6 Å². The van der Waals surface area contributed by atoms with Crippen molar-refractivity contribution in [3.8, 4) is 11.3 Å². The Balaban J connectivity index is 0.000000614. The first-order valence-electron chi connectivity index (χ1n) is 10.9. The predicted octanol–water partition coefficient (Wildman–Crippen LogP) is 4.83. The molecule has 31 heavy (non-hydrogen) atoms. The summed E-state index contributed by atoms with van der Waals surface area (Å²) in [6.45, 7) is 9.28. The van der Waals surface area contributed by atoms with E-state index in [-0.39, 0.29) is 17.7 Å². The molecule has 2 N–H and O–H groups in total. The molecular weight excluding hydrogens is 386 g/mol. The summed E-state index contributed by atoms with van der Waals surface area (Å²) in [5.74, 6) is -0.132. The third-order valence-corrected chi connectivity index (χ3v) is 5.23. The summed E-state index contributed by atoms with van der Waals surface area (Å²) in [5.41, 5.74) is 7.71. The monoisotopic (exact) mass is 419 g/mol. The molecule has 2 amide bonds. The number of pyridine rings is 1.